The molecule has 0 saturated carbocycles. The van der Waals surface area contributed by atoms with Gasteiger partial charge in [-0.3, -0.25) is 9.69 Å². The lowest BCUT2D eigenvalue weighted by Gasteiger charge is -2.32. The molecule has 31 heavy (non-hydrogen) atoms. The Labute approximate surface area is 184 Å². The predicted molar refractivity (Wildman–Crippen MR) is 124 cm³/mol. The Morgan fingerprint density at radius 2 is 1.65 bits per heavy atom. The lowest BCUT2D eigenvalue weighted by molar-refractivity contribution is 0.102. The third kappa shape index (κ3) is 5.94. The normalized spacial score (nSPS) is 14.9. The maximum absolute atomic E-state index is 13.0. The fourth-order valence-corrected chi connectivity index (χ4v) is 3.76. The summed E-state index contributed by atoms with van der Waals surface area (Å²) in [5, 5.41) is 3.06. The van der Waals surface area contributed by atoms with Gasteiger partial charge in [0.05, 0.1) is 0 Å². The number of piperazine rings is 1. The minimum absolute atomic E-state index is 0.121. The van der Waals surface area contributed by atoms with Gasteiger partial charge in [-0.05, 0) is 42.9 Å². The van der Waals surface area contributed by atoms with Crippen LogP contribution in [0.4, 0.5) is 5.69 Å². The summed E-state index contributed by atoms with van der Waals surface area (Å²) < 4.78 is 5.86. The molecule has 5 heteroatoms. The molecule has 0 bridgehead atoms. The third-order valence-corrected chi connectivity index (χ3v) is 5.59. The van der Waals surface area contributed by atoms with Gasteiger partial charge in [-0.2, -0.15) is 0 Å². The summed E-state index contributed by atoms with van der Waals surface area (Å²) >= 11 is 0. The zero-order valence-corrected chi connectivity index (χ0v) is 18.0. The molecule has 0 aromatic heterocycles. The third-order valence-electron chi connectivity index (χ3n) is 5.59. The lowest BCUT2D eigenvalue weighted by atomic mass is 10.1. The summed E-state index contributed by atoms with van der Waals surface area (Å²) in [5.41, 5.74) is 3.51. The van der Waals surface area contributed by atoms with E-state index < -0.39 is 0 Å². The van der Waals surface area contributed by atoms with Crippen LogP contribution in [0.5, 0.6) is 5.75 Å². The molecule has 160 valence electrons. The number of amides is 1. The molecular weight excluding hydrogens is 386 g/mol. The molecule has 0 spiro atoms. The number of para-hydroxylation sites is 1. The Hall–Kier alpha value is -3.15. The fourth-order valence-electron chi connectivity index (χ4n) is 3.76. The molecule has 0 atom stereocenters. The number of nitrogens with one attached hydrogen (secondary N) is 1. The van der Waals surface area contributed by atoms with E-state index in [0.29, 0.717) is 12.2 Å². The quantitative estimate of drug-likeness (QED) is 0.626. The summed E-state index contributed by atoms with van der Waals surface area (Å²) in [7, 11) is 2.16. The molecule has 1 aliphatic heterocycles. The van der Waals surface area contributed by atoms with Gasteiger partial charge in [-0.15, -0.1) is 0 Å². The van der Waals surface area contributed by atoms with Crippen molar-refractivity contribution >= 4 is 11.6 Å². The van der Waals surface area contributed by atoms with E-state index in [1.807, 2.05) is 66.7 Å². The van der Waals surface area contributed by atoms with Crippen LogP contribution in [0, 0.1) is 0 Å². The van der Waals surface area contributed by atoms with Crippen LogP contribution in [-0.2, 0) is 13.2 Å². The Morgan fingerprint density at radius 1 is 0.903 bits per heavy atom. The van der Waals surface area contributed by atoms with E-state index in [0.717, 1.165) is 49.7 Å². The molecule has 0 aliphatic carbocycles. The topological polar surface area (TPSA) is 44.8 Å². The molecule has 0 radical (unpaired) electrons. The van der Waals surface area contributed by atoms with Gasteiger partial charge in [-0.1, -0.05) is 48.5 Å². The Bertz CT molecular complexity index is 998. The summed E-state index contributed by atoms with van der Waals surface area (Å²) in [4.78, 5) is 17.8. The summed E-state index contributed by atoms with van der Waals surface area (Å²) in [6.07, 6.45) is 0. The fraction of sp³-hybridized carbons (Fsp3) is 0.269. The highest BCUT2D eigenvalue weighted by atomic mass is 16.5. The number of rotatable bonds is 7. The van der Waals surface area contributed by atoms with Crippen LogP contribution >= 0.6 is 0 Å². The Kier molecular flexibility index (Phi) is 6.97. The van der Waals surface area contributed by atoms with Crippen molar-refractivity contribution < 1.29 is 9.53 Å². The van der Waals surface area contributed by atoms with E-state index in [9.17, 15) is 4.79 Å². The molecule has 3 aromatic carbocycles. The van der Waals surface area contributed by atoms with E-state index in [-0.39, 0.29) is 5.91 Å². The van der Waals surface area contributed by atoms with Gasteiger partial charge in [0.1, 0.15) is 12.4 Å². The van der Waals surface area contributed by atoms with E-state index in [2.05, 4.69) is 34.3 Å². The maximum atomic E-state index is 13.0. The number of nitrogens with zero attached hydrogens (tertiary/aromatic N) is 2. The highest BCUT2D eigenvalue weighted by Crippen LogP contribution is 2.18. The number of hydrogen-bond acceptors (Lipinski definition) is 4. The van der Waals surface area contributed by atoms with Crippen LogP contribution in [0.25, 0.3) is 0 Å². The average molecular weight is 416 g/mol. The van der Waals surface area contributed by atoms with Gasteiger partial charge in [0, 0.05) is 49.5 Å². The first-order valence-corrected chi connectivity index (χ1v) is 10.7. The number of likely N-dealkylation sites (N-methyl/N-ethyl adjacent to an activating group) is 1. The number of anilines is 1. The Balaban J connectivity index is 1.40. The van der Waals surface area contributed by atoms with Crippen LogP contribution in [-0.4, -0.2) is 48.9 Å². The second kappa shape index (κ2) is 10.2. The van der Waals surface area contributed by atoms with Crippen LogP contribution in [0.3, 0.4) is 0 Å². The number of carbonyl (C=O) groups excluding carboxylic acids is 1. The molecule has 1 N–H and O–H groups in total. The SMILES string of the molecule is CN1CCN(Cc2cccc(NC(=O)c3ccccc3COc3ccccc3)c2)CC1. The summed E-state index contributed by atoms with van der Waals surface area (Å²) in [6, 6.07) is 25.4. The van der Waals surface area contributed by atoms with Crippen molar-refractivity contribution in [2.24, 2.45) is 0 Å². The van der Waals surface area contributed by atoms with Crippen molar-refractivity contribution in [1.29, 1.82) is 0 Å². The van der Waals surface area contributed by atoms with Gasteiger partial charge in [-0.25, -0.2) is 0 Å². The number of benzene rings is 3. The minimum Gasteiger partial charge on any atom is -0.489 e. The molecule has 3 aromatic rings. The molecular formula is C26H29N3O2. The first-order chi connectivity index (χ1) is 15.2. The van der Waals surface area contributed by atoms with Crippen molar-refractivity contribution in [2.75, 3.05) is 38.5 Å². The lowest BCUT2D eigenvalue weighted by Crippen LogP contribution is -2.43. The predicted octanol–water partition coefficient (Wildman–Crippen LogP) is 4.27. The minimum atomic E-state index is -0.121. The largest absolute Gasteiger partial charge is 0.489 e. The zero-order valence-electron chi connectivity index (χ0n) is 18.0. The summed E-state index contributed by atoms with van der Waals surface area (Å²) in [6.45, 7) is 5.58. The number of ether oxygens (including phenoxy) is 1. The smallest absolute Gasteiger partial charge is 0.256 e. The molecule has 1 fully saturated rings. The van der Waals surface area contributed by atoms with E-state index in [4.69, 9.17) is 4.74 Å². The van der Waals surface area contributed by atoms with Crippen molar-refractivity contribution in [2.45, 2.75) is 13.2 Å². The molecule has 0 unspecified atom stereocenters. The highest BCUT2D eigenvalue weighted by molar-refractivity contribution is 6.05. The van der Waals surface area contributed by atoms with E-state index in [1.165, 1.54) is 5.56 Å². The molecule has 1 aliphatic rings. The second-order valence-electron chi connectivity index (χ2n) is 7.99. The van der Waals surface area contributed by atoms with Crippen molar-refractivity contribution in [3.63, 3.8) is 0 Å². The van der Waals surface area contributed by atoms with Crippen molar-refractivity contribution in [3.8, 4) is 5.75 Å². The first-order valence-electron chi connectivity index (χ1n) is 10.7. The van der Waals surface area contributed by atoms with Gasteiger partial charge in [0.15, 0.2) is 0 Å². The number of carbonyl (C=O) groups is 1. The van der Waals surface area contributed by atoms with Crippen LogP contribution in [0.15, 0.2) is 78.9 Å². The first kappa shape index (κ1) is 21.1. The van der Waals surface area contributed by atoms with Crippen LogP contribution < -0.4 is 10.1 Å². The van der Waals surface area contributed by atoms with Crippen LogP contribution in [0.1, 0.15) is 21.5 Å². The van der Waals surface area contributed by atoms with Gasteiger partial charge < -0.3 is 15.0 Å². The van der Waals surface area contributed by atoms with Crippen LogP contribution in [0.2, 0.25) is 0 Å². The second-order valence-corrected chi connectivity index (χ2v) is 7.99. The average Bonchev–Trinajstić information content (AvgIpc) is 2.80. The molecule has 1 heterocycles. The number of hydrogen-bond donors (Lipinski definition) is 1. The highest BCUT2D eigenvalue weighted by Gasteiger charge is 2.15. The molecule has 1 amide bonds. The molecule has 5 nitrogen and oxygen atoms in total. The van der Waals surface area contributed by atoms with Gasteiger partial charge >= 0.3 is 0 Å². The molecule has 4 rings (SSSR count). The van der Waals surface area contributed by atoms with Gasteiger partial charge in [0.2, 0.25) is 0 Å². The van der Waals surface area contributed by atoms with Crippen molar-refractivity contribution in [3.05, 3.63) is 95.6 Å². The standard InChI is InChI=1S/C26H29N3O2/c1-28-14-16-29(17-15-28)19-21-8-7-10-23(18-21)27-26(30)25-13-6-5-9-22(25)20-31-24-11-3-2-4-12-24/h2-13,18H,14-17,19-20H2,1H3,(H,27,30). The monoisotopic (exact) mass is 415 g/mol. The van der Waals surface area contributed by atoms with E-state index in [1.54, 1.807) is 0 Å². The van der Waals surface area contributed by atoms with E-state index >= 15 is 0 Å². The zero-order chi connectivity index (χ0) is 21.5. The maximum Gasteiger partial charge on any atom is 0.256 e. The summed E-state index contributed by atoms with van der Waals surface area (Å²) in [5.74, 6) is 0.665. The van der Waals surface area contributed by atoms with Gasteiger partial charge in [0.25, 0.3) is 5.91 Å². The Morgan fingerprint density at radius 3 is 2.45 bits per heavy atom. The van der Waals surface area contributed by atoms with Crippen molar-refractivity contribution in [1.82, 2.24) is 9.80 Å². The molecule has 1 saturated heterocycles.